The number of aromatic nitrogens is 2. The van der Waals surface area contributed by atoms with Crippen LogP contribution in [0.3, 0.4) is 0 Å². The van der Waals surface area contributed by atoms with Crippen LogP contribution >= 0.6 is 0 Å². The zero-order chi connectivity index (χ0) is 15.0. The lowest BCUT2D eigenvalue weighted by atomic mass is 10.3. The fourth-order valence-corrected chi connectivity index (χ4v) is 1.67. The largest absolute Gasteiger partial charge is 0.490 e. The van der Waals surface area contributed by atoms with E-state index in [4.69, 9.17) is 4.74 Å². The van der Waals surface area contributed by atoms with Gasteiger partial charge in [0.25, 0.3) is 0 Å². The molecule has 0 aliphatic heterocycles. The minimum absolute atomic E-state index is 0.00688. The molecular formula is C13H23N5O2. The third kappa shape index (κ3) is 4.91. The highest BCUT2D eigenvalue weighted by molar-refractivity contribution is 5.76. The number of nitrogens with zero attached hydrogens (tertiary/aromatic N) is 2. The highest BCUT2D eigenvalue weighted by Gasteiger charge is 2.11. The summed E-state index contributed by atoms with van der Waals surface area (Å²) in [5, 5.41) is 9.02. The molecule has 1 amide bonds. The Kier molecular flexibility index (Phi) is 6.55. The van der Waals surface area contributed by atoms with Gasteiger partial charge in [-0.1, -0.05) is 0 Å². The number of nitrogens with one attached hydrogen (secondary N) is 3. The van der Waals surface area contributed by atoms with E-state index in [1.54, 1.807) is 7.11 Å². The zero-order valence-corrected chi connectivity index (χ0v) is 12.5. The van der Waals surface area contributed by atoms with Crippen LogP contribution in [0.4, 0.5) is 11.6 Å². The molecule has 0 bridgehead atoms. The van der Waals surface area contributed by atoms with Gasteiger partial charge in [-0.15, -0.1) is 0 Å². The van der Waals surface area contributed by atoms with E-state index in [0.29, 0.717) is 30.4 Å². The number of hydrogen-bond donors (Lipinski definition) is 3. The Hall–Kier alpha value is -2.05. The maximum atomic E-state index is 11.5. The van der Waals surface area contributed by atoms with E-state index in [2.05, 4.69) is 25.9 Å². The molecule has 7 nitrogen and oxygen atoms in total. The second-order valence-corrected chi connectivity index (χ2v) is 4.53. The van der Waals surface area contributed by atoms with E-state index in [1.165, 1.54) is 6.33 Å². The summed E-state index contributed by atoms with van der Waals surface area (Å²) in [5.74, 6) is 1.78. The van der Waals surface area contributed by atoms with Crippen LogP contribution in [-0.2, 0) is 4.79 Å². The van der Waals surface area contributed by atoms with Crippen LogP contribution in [0.2, 0.25) is 0 Å². The lowest BCUT2D eigenvalue weighted by molar-refractivity contribution is -0.121. The number of hydrogen-bond acceptors (Lipinski definition) is 6. The Balaban J connectivity index is 2.59. The van der Waals surface area contributed by atoms with Gasteiger partial charge in [0.15, 0.2) is 11.6 Å². The van der Waals surface area contributed by atoms with Crippen LogP contribution in [0.15, 0.2) is 6.33 Å². The van der Waals surface area contributed by atoms with Crippen molar-refractivity contribution in [2.45, 2.75) is 33.2 Å². The third-order valence-electron chi connectivity index (χ3n) is 2.45. The van der Waals surface area contributed by atoms with Crippen LogP contribution in [0.1, 0.15) is 27.2 Å². The SMILES string of the molecule is CCNc1ncnc(NCCC(=O)NC(C)C)c1OC. The van der Waals surface area contributed by atoms with Gasteiger partial charge in [0.1, 0.15) is 6.33 Å². The lowest BCUT2D eigenvalue weighted by Gasteiger charge is -2.13. The Morgan fingerprint density at radius 2 is 1.95 bits per heavy atom. The molecule has 20 heavy (non-hydrogen) atoms. The average molecular weight is 281 g/mol. The normalized spacial score (nSPS) is 10.2. The summed E-state index contributed by atoms with van der Waals surface area (Å²) in [5.41, 5.74) is 0. The minimum atomic E-state index is 0.00688. The predicted octanol–water partition coefficient (Wildman–Crippen LogP) is 1.24. The quantitative estimate of drug-likeness (QED) is 0.664. The molecule has 0 aromatic carbocycles. The predicted molar refractivity (Wildman–Crippen MR) is 79.1 cm³/mol. The summed E-state index contributed by atoms with van der Waals surface area (Å²) in [6.07, 6.45) is 1.83. The van der Waals surface area contributed by atoms with Crippen molar-refractivity contribution < 1.29 is 9.53 Å². The summed E-state index contributed by atoms with van der Waals surface area (Å²) < 4.78 is 5.30. The molecule has 1 heterocycles. The minimum Gasteiger partial charge on any atom is -0.490 e. The summed E-state index contributed by atoms with van der Waals surface area (Å²) in [6.45, 7) is 7.06. The van der Waals surface area contributed by atoms with Gasteiger partial charge in [-0.2, -0.15) is 0 Å². The smallest absolute Gasteiger partial charge is 0.221 e. The number of carbonyl (C=O) groups is 1. The monoisotopic (exact) mass is 281 g/mol. The fourth-order valence-electron chi connectivity index (χ4n) is 1.67. The van der Waals surface area contributed by atoms with Crippen molar-refractivity contribution in [3.8, 4) is 5.75 Å². The maximum absolute atomic E-state index is 11.5. The first-order valence-electron chi connectivity index (χ1n) is 6.74. The van der Waals surface area contributed by atoms with Crippen molar-refractivity contribution in [2.75, 3.05) is 30.8 Å². The first-order valence-corrected chi connectivity index (χ1v) is 6.74. The van der Waals surface area contributed by atoms with E-state index in [1.807, 2.05) is 20.8 Å². The van der Waals surface area contributed by atoms with Crippen LogP contribution in [0.5, 0.6) is 5.75 Å². The zero-order valence-electron chi connectivity index (χ0n) is 12.5. The van der Waals surface area contributed by atoms with Crippen LogP contribution in [0, 0.1) is 0 Å². The van der Waals surface area contributed by atoms with E-state index in [-0.39, 0.29) is 11.9 Å². The molecule has 0 spiro atoms. The van der Waals surface area contributed by atoms with Gasteiger partial charge in [0.05, 0.1) is 7.11 Å². The number of methoxy groups -OCH3 is 1. The fraction of sp³-hybridized carbons (Fsp3) is 0.615. The standard InChI is InChI=1S/C13H23N5O2/c1-5-14-12-11(20-4)13(17-8-16-12)15-7-6-10(19)18-9(2)3/h8-9H,5-7H2,1-4H3,(H,18,19)(H2,14,15,16,17). The molecule has 3 N–H and O–H groups in total. The van der Waals surface area contributed by atoms with Gasteiger partial charge in [0.2, 0.25) is 11.7 Å². The molecule has 0 unspecified atom stereocenters. The van der Waals surface area contributed by atoms with Gasteiger partial charge >= 0.3 is 0 Å². The van der Waals surface area contributed by atoms with Crippen molar-refractivity contribution in [1.29, 1.82) is 0 Å². The molecule has 112 valence electrons. The summed E-state index contributed by atoms with van der Waals surface area (Å²) in [4.78, 5) is 19.8. The highest BCUT2D eigenvalue weighted by Crippen LogP contribution is 2.28. The maximum Gasteiger partial charge on any atom is 0.221 e. The molecule has 1 aromatic rings. The topological polar surface area (TPSA) is 88.2 Å². The van der Waals surface area contributed by atoms with Crippen molar-refractivity contribution in [3.63, 3.8) is 0 Å². The van der Waals surface area contributed by atoms with Gasteiger partial charge in [-0.25, -0.2) is 9.97 Å². The summed E-state index contributed by atoms with van der Waals surface area (Å²) in [7, 11) is 1.57. The molecule has 0 radical (unpaired) electrons. The molecule has 0 aliphatic rings. The number of rotatable bonds is 8. The molecule has 0 aliphatic carbocycles. The molecule has 0 fully saturated rings. The number of ether oxygens (including phenoxy) is 1. The number of carbonyl (C=O) groups excluding carboxylic acids is 1. The Labute approximate surface area is 119 Å². The Morgan fingerprint density at radius 3 is 2.50 bits per heavy atom. The third-order valence-corrected chi connectivity index (χ3v) is 2.45. The van der Waals surface area contributed by atoms with Crippen LogP contribution < -0.4 is 20.7 Å². The van der Waals surface area contributed by atoms with Gasteiger partial charge in [-0.3, -0.25) is 4.79 Å². The first kappa shape index (κ1) is 16.0. The molecular weight excluding hydrogens is 258 g/mol. The van der Waals surface area contributed by atoms with Gasteiger partial charge < -0.3 is 20.7 Å². The van der Waals surface area contributed by atoms with Crippen LogP contribution in [-0.4, -0.2) is 42.1 Å². The van der Waals surface area contributed by atoms with Gasteiger partial charge in [-0.05, 0) is 20.8 Å². The van der Waals surface area contributed by atoms with E-state index >= 15 is 0 Å². The molecule has 0 saturated heterocycles. The molecule has 7 heteroatoms. The second kappa shape index (κ2) is 8.19. The Bertz CT molecular complexity index is 437. The molecule has 1 rings (SSSR count). The number of amides is 1. The van der Waals surface area contributed by atoms with E-state index in [9.17, 15) is 4.79 Å². The van der Waals surface area contributed by atoms with Crippen LogP contribution in [0.25, 0.3) is 0 Å². The van der Waals surface area contributed by atoms with E-state index < -0.39 is 0 Å². The van der Waals surface area contributed by atoms with Gasteiger partial charge in [0, 0.05) is 25.6 Å². The summed E-state index contributed by atoms with van der Waals surface area (Å²) >= 11 is 0. The highest BCUT2D eigenvalue weighted by atomic mass is 16.5. The van der Waals surface area contributed by atoms with Crippen molar-refractivity contribution in [1.82, 2.24) is 15.3 Å². The van der Waals surface area contributed by atoms with E-state index in [0.717, 1.165) is 6.54 Å². The summed E-state index contributed by atoms with van der Waals surface area (Å²) in [6, 6.07) is 0.149. The van der Waals surface area contributed by atoms with Crippen molar-refractivity contribution >= 4 is 17.5 Å². The number of anilines is 2. The average Bonchev–Trinajstić information content (AvgIpc) is 2.38. The molecule has 1 aromatic heterocycles. The second-order valence-electron chi connectivity index (χ2n) is 4.53. The van der Waals surface area contributed by atoms with Crippen molar-refractivity contribution in [3.05, 3.63) is 6.33 Å². The first-order chi connectivity index (χ1) is 9.58. The Morgan fingerprint density at radius 1 is 1.30 bits per heavy atom. The molecule has 0 atom stereocenters. The molecule has 0 saturated carbocycles. The van der Waals surface area contributed by atoms with Crippen molar-refractivity contribution in [2.24, 2.45) is 0 Å². The lowest BCUT2D eigenvalue weighted by Crippen LogP contribution is -2.31.